The minimum atomic E-state index is -1.34. The molecule has 10 rings (SSSR count). The summed E-state index contributed by atoms with van der Waals surface area (Å²) in [7, 11) is -1.34. The first-order valence-corrected chi connectivity index (χ1v) is 21.5. The molecule has 0 saturated heterocycles. The second-order valence-corrected chi connectivity index (χ2v) is 17.5. The average molecular weight is 936 g/mol. The molecule has 2 aromatic carbocycles. The number of benzene rings is 2. The predicted molar refractivity (Wildman–Crippen MR) is 267 cm³/mol. The molecule has 16 nitrogen and oxygen atoms in total. The molecule has 8 heterocycles. The lowest BCUT2D eigenvalue weighted by molar-refractivity contribution is 0.356. The third kappa shape index (κ3) is 11.7. The minimum Gasteiger partial charge on any atom is -0.423 e. The Balaban J connectivity index is 0.000000167. The summed E-state index contributed by atoms with van der Waals surface area (Å²) in [6, 6.07) is 38.1. The van der Waals surface area contributed by atoms with E-state index in [1.54, 1.807) is 58.0 Å². The molecule has 0 spiro atoms. The third-order valence-electron chi connectivity index (χ3n) is 9.96. The van der Waals surface area contributed by atoms with Gasteiger partial charge in [0, 0.05) is 48.8 Å². The van der Waals surface area contributed by atoms with E-state index in [1.165, 1.54) is 0 Å². The lowest BCUT2D eigenvalue weighted by Gasteiger charge is -2.18. The fourth-order valence-corrected chi connectivity index (χ4v) is 6.79. The summed E-state index contributed by atoms with van der Waals surface area (Å²) in [5.41, 5.74) is 8.51. The molecule has 340 valence electrons. The van der Waals surface area contributed by atoms with Gasteiger partial charge in [0.1, 0.15) is 23.0 Å². The number of hydrogen-bond donors (Lipinski definition) is 4. The zero-order valence-electron chi connectivity index (χ0n) is 37.6. The summed E-state index contributed by atoms with van der Waals surface area (Å²) >= 11 is 6.09. The number of nitrogens with zero attached hydrogens (tertiary/aromatic N) is 12. The highest BCUT2D eigenvalue weighted by atomic mass is 35.5. The van der Waals surface area contributed by atoms with E-state index in [4.69, 9.17) is 31.7 Å². The van der Waals surface area contributed by atoms with Gasteiger partial charge in [-0.2, -0.15) is 20.4 Å². The molecule has 0 unspecified atom stereocenters. The first-order valence-electron chi connectivity index (χ1n) is 21.1. The molecule has 0 aliphatic carbocycles. The number of fused-ring (bicyclic) bond motifs is 2. The molecule has 0 amide bonds. The van der Waals surface area contributed by atoms with Crippen LogP contribution in [0, 0.1) is 0 Å². The van der Waals surface area contributed by atoms with Crippen LogP contribution in [0.3, 0.4) is 0 Å². The first-order chi connectivity index (χ1) is 31.7. The van der Waals surface area contributed by atoms with Crippen molar-refractivity contribution < 1.29 is 10.0 Å². The van der Waals surface area contributed by atoms with Crippen LogP contribution in [0.4, 0.5) is 23.0 Å². The zero-order chi connectivity index (χ0) is 46.4. The van der Waals surface area contributed by atoms with Crippen molar-refractivity contribution in [3.8, 4) is 34.0 Å². The van der Waals surface area contributed by atoms with Gasteiger partial charge in [-0.25, -0.2) is 29.0 Å². The predicted octanol–water partition coefficient (Wildman–Crippen LogP) is 9.08. The van der Waals surface area contributed by atoms with Crippen molar-refractivity contribution in [1.82, 2.24) is 58.7 Å². The molecule has 19 heteroatoms. The minimum absolute atomic E-state index is 0. The van der Waals surface area contributed by atoms with Gasteiger partial charge in [-0.3, -0.25) is 9.36 Å². The molecular formula is C48H49BCl2N14O2. The quantitative estimate of drug-likeness (QED) is 0.106. The van der Waals surface area contributed by atoms with Crippen LogP contribution in [0.25, 0.3) is 45.3 Å². The number of nitrogens with one attached hydrogen (secondary N) is 2. The number of halogens is 2. The molecule has 67 heavy (non-hydrogen) atoms. The van der Waals surface area contributed by atoms with Crippen molar-refractivity contribution in [2.24, 2.45) is 0 Å². The second-order valence-electron chi connectivity index (χ2n) is 17.1. The Morgan fingerprint density at radius 3 is 1.45 bits per heavy atom. The van der Waals surface area contributed by atoms with E-state index >= 15 is 0 Å². The van der Waals surface area contributed by atoms with E-state index in [0.29, 0.717) is 22.1 Å². The summed E-state index contributed by atoms with van der Waals surface area (Å²) in [6.45, 7) is 12.7. The smallest absolute Gasteiger partial charge is 0.423 e. The number of hydrogen-bond acceptors (Lipinski definition) is 12. The van der Waals surface area contributed by atoms with Crippen LogP contribution in [0.5, 0.6) is 0 Å². The summed E-state index contributed by atoms with van der Waals surface area (Å²) in [6.07, 6.45) is 11.0. The van der Waals surface area contributed by atoms with Gasteiger partial charge in [-0.1, -0.05) is 84.4 Å². The third-order valence-corrected chi connectivity index (χ3v) is 10.1. The Kier molecular flexibility index (Phi) is 14.5. The Labute approximate surface area is 399 Å². The van der Waals surface area contributed by atoms with Gasteiger partial charge in [-0.15, -0.1) is 12.4 Å². The number of rotatable bonds is 8. The number of aromatic nitrogens is 12. The molecule has 0 fully saturated rings. The van der Waals surface area contributed by atoms with Crippen molar-refractivity contribution in [3.05, 3.63) is 164 Å². The van der Waals surface area contributed by atoms with E-state index in [1.807, 2.05) is 119 Å². The standard InChI is InChI=1S/C24H23N7.C18H18ClN7.C6H7BO2.ClH/c1-24(2,3)31-14-12-19(29-31)18-10-7-11-22(26-18)27-21-16-20(17-8-5-4-6-9-17)28-30-15-13-25-23(21)30;1-18(2,3)26-9-7-13(23-26)12-5-4-6-16(21-12)22-14-11-15(19)24-25-10-8-20-17(14)25;8-7(9)6-4-2-1-3-5-6;/h4-16H,1-3H3,(H,26,27);4-11H,1-3H3,(H,21,22);1-5,8-9H;1H. The van der Waals surface area contributed by atoms with Crippen LogP contribution >= 0.6 is 24.0 Å². The molecule has 0 radical (unpaired) electrons. The van der Waals surface area contributed by atoms with Crippen LogP contribution in [0.15, 0.2) is 159 Å². The fraction of sp³-hybridized carbons (Fsp3) is 0.167. The molecule has 0 atom stereocenters. The molecule has 0 saturated carbocycles. The number of imidazole rings is 2. The monoisotopic (exact) mass is 934 g/mol. The van der Waals surface area contributed by atoms with Gasteiger partial charge in [0.25, 0.3) is 0 Å². The van der Waals surface area contributed by atoms with E-state index < -0.39 is 7.12 Å². The van der Waals surface area contributed by atoms with Crippen LogP contribution in [0.2, 0.25) is 5.15 Å². The molecule has 4 N–H and O–H groups in total. The normalized spacial score (nSPS) is 11.2. The first kappa shape index (κ1) is 47.5. The summed E-state index contributed by atoms with van der Waals surface area (Å²) in [5, 5.41) is 42.4. The Bertz CT molecular complexity index is 3200. The summed E-state index contributed by atoms with van der Waals surface area (Å²) in [4.78, 5) is 18.2. The maximum absolute atomic E-state index is 8.58. The molecular weight excluding hydrogens is 886 g/mol. The van der Waals surface area contributed by atoms with Gasteiger partial charge in [0.2, 0.25) is 0 Å². The van der Waals surface area contributed by atoms with E-state index in [-0.39, 0.29) is 23.5 Å². The lowest BCUT2D eigenvalue weighted by atomic mass is 9.81. The van der Waals surface area contributed by atoms with Gasteiger partial charge < -0.3 is 20.7 Å². The second kappa shape index (κ2) is 20.4. The highest BCUT2D eigenvalue weighted by Crippen LogP contribution is 2.28. The summed E-state index contributed by atoms with van der Waals surface area (Å²) in [5.74, 6) is 1.40. The van der Waals surface area contributed by atoms with Crippen molar-refractivity contribution in [2.45, 2.75) is 52.6 Å². The van der Waals surface area contributed by atoms with Crippen LogP contribution in [-0.4, -0.2) is 75.9 Å². The zero-order valence-corrected chi connectivity index (χ0v) is 39.2. The summed E-state index contributed by atoms with van der Waals surface area (Å²) < 4.78 is 7.28. The number of pyridine rings is 2. The molecule has 0 aliphatic rings. The van der Waals surface area contributed by atoms with Crippen molar-refractivity contribution in [2.75, 3.05) is 10.6 Å². The topological polar surface area (TPSA) is 186 Å². The van der Waals surface area contributed by atoms with Crippen LogP contribution < -0.4 is 16.1 Å². The Morgan fingerprint density at radius 1 is 0.507 bits per heavy atom. The molecule has 0 aliphatic heterocycles. The fourth-order valence-electron chi connectivity index (χ4n) is 6.60. The van der Waals surface area contributed by atoms with Crippen molar-refractivity contribution in [3.63, 3.8) is 0 Å². The SMILES string of the molecule is CC(C)(C)n1ccc(-c2cccc(Nc3cc(-c4ccccc4)nn4ccnc34)n2)n1.CC(C)(C)n1ccc(-c2cccc(Nc3cc(Cl)nn4ccnc34)n2)n1.Cl.OB(O)c1ccccc1. The van der Waals surface area contributed by atoms with Crippen molar-refractivity contribution >= 4 is 70.9 Å². The average Bonchev–Trinajstić information content (AvgIpc) is 4.15. The van der Waals surface area contributed by atoms with Gasteiger partial charge in [0.15, 0.2) is 16.4 Å². The van der Waals surface area contributed by atoms with Crippen LogP contribution in [-0.2, 0) is 11.1 Å². The highest BCUT2D eigenvalue weighted by molar-refractivity contribution is 6.58. The lowest BCUT2D eigenvalue weighted by Crippen LogP contribution is -2.29. The number of anilines is 4. The van der Waals surface area contributed by atoms with E-state index in [9.17, 15) is 0 Å². The Hall–Kier alpha value is -7.44. The highest BCUT2D eigenvalue weighted by Gasteiger charge is 2.18. The van der Waals surface area contributed by atoms with E-state index in [0.717, 1.165) is 56.9 Å². The van der Waals surface area contributed by atoms with E-state index in [2.05, 4.69) is 82.4 Å². The van der Waals surface area contributed by atoms with Gasteiger partial charge >= 0.3 is 7.12 Å². The molecule has 0 bridgehead atoms. The molecule has 10 aromatic rings. The molecule has 8 aromatic heterocycles. The van der Waals surface area contributed by atoms with Crippen molar-refractivity contribution in [1.29, 1.82) is 0 Å². The largest absolute Gasteiger partial charge is 0.488 e. The van der Waals surface area contributed by atoms with Crippen LogP contribution in [0.1, 0.15) is 41.5 Å². The van der Waals surface area contributed by atoms with Gasteiger partial charge in [0.05, 0.1) is 39.5 Å². The van der Waals surface area contributed by atoms with Gasteiger partial charge in [-0.05, 0) is 89.5 Å². The maximum Gasteiger partial charge on any atom is 0.488 e. The maximum atomic E-state index is 8.58. The Morgan fingerprint density at radius 2 is 0.985 bits per heavy atom.